The number of nitriles is 1. The van der Waals surface area contributed by atoms with E-state index >= 15 is 0 Å². The molecule has 2 aromatic rings. The second-order valence-electron chi connectivity index (χ2n) is 3.84. The van der Waals surface area contributed by atoms with Crippen molar-refractivity contribution in [3.8, 4) is 6.07 Å². The molecule has 5 nitrogen and oxygen atoms in total. The first-order valence-electron chi connectivity index (χ1n) is 5.44. The van der Waals surface area contributed by atoms with Gasteiger partial charge in [-0.05, 0) is 25.3 Å². The molecule has 0 aliphatic carbocycles. The Bertz CT molecular complexity index is 678. The van der Waals surface area contributed by atoms with Crippen LogP contribution in [-0.2, 0) is 0 Å². The lowest BCUT2D eigenvalue weighted by atomic mass is 10.1. The molecule has 0 saturated carbocycles. The van der Waals surface area contributed by atoms with Gasteiger partial charge in [-0.3, -0.25) is 14.9 Å². The standard InChI is InChI=1S/C13H10N2O3S/c1-7(16)11-8(2)18-13(9(11)6-14)15-12(17)10-4-3-5-19-10/h3-5H,1-2H3,(H,15,17). The third-order valence-corrected chi connectivity index (χ3v) is 3.39. The summed E-state index contributed by atoms with van der Waals surface area (Å²) in [6.45, 7) is 2.93. The molecule has 96 valence electrons. The van der Waals surface area contributed by atoms with E-state index in [2.05, 4.69) is 5.32 Å². The first-order chi connectivity index (χ1) is 9.04. The molecule has 1 amide bonds. The Hall–Kier alpha value is -2.39. The Morgan fingerprint density at radius 3 is 2.74 bits per heavy atom. The van der Waals surface area contributed by atoms with Gasteiger partial charge in [0, 0.05) is 0 Å². The minimum Gasteiger partial charge on any atom is -0.443 e. The number of hydrogen-bond donors (Lipinski definition) is 1. The van der Waals surface area contributed by atoms with Gasteiger partial charge in [0.1, 0.15) is 17.4 Å². The van der Waals surface area contributed by atoms with Gasteiger partial charge in [-0.25, -0.2) is 0 Å². The van der Waals surface area contributed by atoms with E-state index in [1.54, 1.807) is 24.4 Å². The first-order valence-corrected chi connectivity index (χ1v) is 6.31. The smallest absolute Gasteiger partial charge is 0.268 e. The highest BCUT2D eigenvalue weighted by atomic mass is 32.1. The molecule has 0 bridgehead atoms. The fourth-order valence-corrected chi connectivity index (χ4v) is 2.35. The molecule has 2 aromatic heterocycles. The molecule has 1 N–H and O–H groups in total. The van der Waals surface area contributed by atoms with E-state index in [0.717, 1.165) is 0 Å². The molecule has 0 radical (unpaired) electrons. The molecule has 0 spiro atoms. The van der Waals surface area contributed by atoms with Crippen molar-refractivity contribution in [2.24, 2.45) is 0 Å². The van der Waals surface area contributed by atoms with Crippen LogP contribution in [0.5, 0.6) is 0 Å². The van der Waals surface area contributed by atoms with Crippen LogP contribution in [0.2, 0.25) is 0 Å². The van der Waals surface area contributed by atoms with Crippen LogP contribution in [0.15, 0.2) is 21.9 Å². The molecule has 19 heavy (non-hydrogen) atoms. The molecule has 2 rings (SSSR count). The summed E-state index contributed by atoms with van der Waals surface area (Å²) in [6, 6.07) is 5.30. The Morgan fingerprint density at radius 1 is 1.47 bits per heavy atom. The highest BCUT2D eigenvalue weighted by Gasteiger charge is 2.22. The lowest BCUT2D eigenvalue weighted by Crippen LogP contribution is -2.10. The number of thiophene rings is 1. The van der Waals surface area contributed by atoms with Crippen molar-refractivity contribution in [3.63, 3.8) is 0 Å². The number of anilines is 1. The van der Waals surface area contributed by atoms with Crippen molar-refractivity contribution in [3.05, 3.63) is 39.3 Å². The number of hydrogen-bond acceptors (Lipinski definition) is 5. The molecule has 0 unspecified atom stereocenters. The van der Waals surface area contributed by atoms with E-state index in [0.29, 0.717) is 10.6 Å². The zero-order chi connectivity index (χ0) is 14.0. The van der Waals surface area contributed by atoms with Crippen molar-refractivity contribution < 1.29 is 14.0 Å². The van der Waals surface area contributed by atoms with E-state index in [9.17, 15) is 9.59 Å². The minimum atomic E-state index is -0.365. The number of furan rings is 1. The number of rotatable bonds is 3. The SMILES string of the molecule is CC(=O)c1c(C)oc(NC(=O)c2cccs2)c1C#N. The molecule has 0 fully saturated rings. The summed E-state index contributed by atoms with van der Waals surface area (Å²) in [5.41, 5.74) is 0.277. The van der Waals surface area contributed by atoms with E-state index in [-0.39, 0.29) is 28.7 Å². The van der Waals surface area contributed by atoms with Gasteiger partial charge in [0.15, 0.2) is 5.78 Å². The molecular weight excluding hydrogens is 264 g/mol. The normalized spacial score (nSPS) is 9.95. The van der Waals surface area contributed by atoms with Crippen LogP contribution in [-0.4, -0.2) is 11.7 Å². The lowest BCUT2D eigenvalue weighted by molar-refractivity contribution is 0.101. The lowest BCUT2D eigenvalue weighted by Gasteiger charge is -1.99. The molecule has 0 atom stereocenters. The first kappa shape index (κ1) is 13.1. The van der Waals surface area contributed by atoms with Crippen molar-refractivity contribution >= 4 is 28.9 Å². The number of amides is 1. The number of nitrogens with zero attached hydrogens (tertiary/aromatic N) is 1. The van der Waals surface area contributed by atoms with E-state index in [1.807, 2.05) is 6.07 Å². The topological polar surface area (TPSA) is 83.1 Å². The predicted molar refractivity (Wildman–Crippen MR) is 70.4 cm³/mol. The fourth-order valence-electron chi connectivity index (χ4n) is 1.74. The second-order valence-corrected chi connectivity index (χ2v) is 4.78. The van der Waals surface area contributed by atoms with Crippen LogP contribution in [0.4, 0.5) is 5.88 Å². The van der Waals surface area contributed by atoms with Crippen molar-refractivity contribution in [2.75, 3.05) is 5.32 Å². The summed E-state index contributed by atoms with van der Waals surface area (Å²) in [4.78, 5) is 23.8. The number of Topliss-reactive ketones (excluding diaryl/α,β-unsaturated/α-hetero) is 1. The third kappa shape index (κ3) is 2.41. The molecule has 0 aromatic carbocycles. The van der Waals surface area contributed by atoms with E-state index in [4.69, 9.17) is 9.68 Å². The molecule has 0 saturated heterocycles. The molecule has 2 heterocycles. The number of carbonyl (C=O) groups excluding carboxylic acids is 2. The zero-order valence-corrected chi connectivity index (χ0v) is 11.1. The van der Waals surface area contributed by atoms with Crippen LogP contribution < -0.4 is 5.32 Å². The summed E-state index contributed by atoms with van der Waals surface area (Å²) in [5.74, 6) is -0.293. The summed E-state index contributed by atoms with van der Waals surface area (Å²) >= 11 is 1.28. The van der Waals surface area contributed by atoms with Crippen LogP contribution in [0, 0.1) is 18.3 Å². The summed E-state index contributed by atoms with van der Waals surface area (Å²) in [5, 5.41) is 13.4. The zero-order valence-electron chi connectivity index (χ0n) is 10.3. The summed E-state index contributed by atoms with van der Waals surface area (Å²) in [7, 11) is 0. The maximum absolute atomic E-state index is 11.9. The monoisotopic (exact) mass is 274 g/mol. The van der Waals surface area contributed by atoms with Gasteiger partial charge < -0.3 is 4.42 Å². The molecule has 0 aliphatic heterocycles. The Morgan fingerprint density at radius 2 is 2.21 bits per heavy atom. The van der Waals surface area contributed by atoms with Crippen molar-refractivity contribution in [1.29, 1.82) is 5.26 Å². The Labute approximate surface area is 113 Å². The van der Waals surface area contributed by atoms with Gasteiger partial charge in [-0.2, -0.15) is 5.26 Å². The predicted octanol–water partition coefficient (Wildman–Crippen LogP) is 2.98. The second kappa shape index (κ2) is 5.08. The average Bonchev–Trinajstić information content (AvgIpc) is 2.96. The summed E-state index contributed by atoms with van der Waals surface area (Å²) in [6.07, 6.45) is 0. The Balaban J connectivity index is 2.37. The number of ketones is 1. The van der Waals surface area contributed by atoms with E-state index in [1.165, 1.54) is 18.3 Å². The Kier molecular flexibility index (Phi) is 3.49. The highest BCUT2D eigenvalue weighted by molar-refractivity contribution is 7.12. The number of aryl methyl sites for hydroxylation is 1. The maximum atomic E-state index is 11.9. The third-order valence-electron chi connectivity index (χ3n) is 2.52. The highest BCUT2D eigenvalue weighted by Crippen LogP contribution is 2.27. The van der Waals surface area contributed by atoms with Crippen LogP contribution in [0.3, 0.4) is 0 Å². The van der Waals surface area contributed by atoms with Crippen LogP contribution in [0.1, 0.15) is 38.3 Å². The van der Waals surface area contributed by atoms with Gasteiger partial charge >= 0.3 is 0 Å². The van der Waals surface area contributed by atoms with Gasteiger partial charge in [0.05, 0.1) is 10.4 Å². The van der Waals surface area contributed by atoms with Crippen molar-refractivity contribution in [2.45, 2.75) is 13.8 Å². The van der Waals surface area contributed by atoms with Crippen LogP contribution >= 0.6 is 11.3 Å². The number of nitrogens with one attached hydrogen (secondary N) is 1. The molecular formula is C13H10N2O3S. The fraction of sp³-hybridized carbons (Fsp3) is 0.154. The molecule has 6 heteroatoms. The van der Waals surface area contributed by atoms with Gasteiger partial charge in [-0.1, -0.05) is 6.07 Å². The molecule has 0 aliphatic rings. The average molecular weight is 274 g/mol. The largest absolute Gasteiger partial charge is 0.443 e. The van der Waals surface area contributed by atoms with E-state index < -0.39 is 0 Å². The van der Waals surface area contributed by atoms with Gasteiger partial charge in [-0.15, -0.1) is 11.3 Å². The number of carbonyl (C=O) groups is 2. The maximum Gasteiger partial charge on any atom is 0.268 e. The quantitative estimate of drug-likeness (QED) is 0.872. The summed E-state index contributed by atoms with van der Waals surface area (Å²) < 4.78 is 5.30. The van der Waals surface area contributed by atoms with Gasteiger partial charge in [0.25, 0.3) is 5.91 Å². The van der Waals surface area contributed by atoms with Crippen LogP contribution in [0.25, 0.3) is 0 Å². The van der Waals surface area contributed by atoms with Crippen molar-refractivity contribution in [1.82, 2.24) is 0 Å². The van der Waals surface area contributed by atoms with Gasteiger partial charge in [0.2, 0.25) is 5.88 Å². The minimum absolute atomic E-state index is 0.0172.